The molecule has 2 aromatic rings. The van der Waals surface area contributed by atoms with Crippen LogP contribution in [0.25, 0.3) is 0 Å². The molecule has 1 aromatic heterocycles. The number of hydrogen-bond acceptors (Lipinski definition) is 1. The van der Waals surface area contributed by atoms with Crippen LogP contribution in [0.15, 0.2) is 48.7 Å². The van der Waals surface area contributed by atoms with Crippen LogP contribution in [-0.4, -0.2) is 22.0 Å². The quantitative estimate of drug-likeness (QED) is 0.923. The Hall–Kier alpha value is -2.23. The molecule has 0 aliphatic carbocycles. The van der Waals surface area contributed by atoms with E-state index in [0.717, 1.165) is 24.9 Å². The number of benzene rings is 1. The molecule has 1 fully saturated rings. The van der Waals surface area contributed by atoms with Gasteiger partial charge in [-0.2, -0.15) is 0 Å². The molecule has 2 amide bonds. The molecule has 1 unspecified atom stereocenters. The second kappa shape index (κ2) is 6.04. The molecule has 0 bridgehead atoms. The number of urea groups is 1. The number of amides is 2. The van der Waals surface area contributed by atoms with Gasteiger partial charge in [0.2, 0.25) is 0 Å². The van der Waals surface area contributed by atoms with Gasteiger partial charge in [-0.3, -0.25) is 0 Å². The first-order valence-electron chi connectivity index (χ1n) is 7.45. The van der Waals surface area contributed by atoms with E-state index in [1.807, 2.05) is 54.5 Å². The topological polar surface area (TPSA) is 37.3 Å². The lowest BCUT2D eigenvalue weighted by Gasteiger charge is -2.25. The van der Waals surface area contributed by atoms with Crippen molar-refractivity contribution in [2.24, 2.45) is 7.05 Å². The van der Waals surface area contributed by atoms with Crippen LogP contribution in [0.5, 0.6) is 0 Å². The summed E-state index contributed by atoms with van der Waals surface area (Å²) in [6, 6.07) is 14.4. The van der Waals surface area contributed by atoms with E-state index in [4.69, 9.17) is 0 Å². The number of carbonyl (C=O) groups excluding carboxylic acids is 1. The summed E-state index contributed by atoms with van der Waals surface area (Å²) in [5, 5.41) is 3.03. The normalized spacial score (nSPS) is 18.0. The predicted octanol–water partition coefficient (Wildman–Crippen LogP) is 3.07. The number of hydrogen-bond donors (Lipinski definition) is 1. The van der Waals surface area contributed by atoms with Crippen molar-refractivity contribution >= 4 is 6.03 Å². The first kappa shape index (κ1) is 13.7. The molecule has 1 N–H and O–H groups in total. The van der Waals surface area contributed by atoms with Gasteiger partial charge in [0.25, 0.3) is 0 Å². The fourth-order valence-corrected chi connectivity index (χ4v) is 3.01. The molecular formula is C17H21N3O. The predicted molar refractivity (Wildman–Crippen MR) is 82.8 cm³/mol. The van der Waals surface area contributed by atoms with Crippen molar-refractivity contribution in [3.63, 3.8) is 0 Å². The summed E-state index contributed by atoms with van der Waals surface area (Å²) in [5.41, 5.74) is 2.34. The third-order valence-corrected chi connectivity index (χ3v) is 4.13. The fourth-order valence-electron chi connectivity index (χ4n) is 3.01. The second-order valence-electron chi connectivity index (χ2n) is 5.54. The molecule has 1 saturated heterocycles. The monoisotopic (exact) mass is 283 g/mol. The summed E-state index contributed by atoms with van der Waals surface area (Å²) in [6.07, 6.45) is 4.14. The van der Waals surface area contributed by atoms with Crippen LogP contribution in [0, 0.1) is 0 Å². The van der Waals surface area contributed by atoms with Gasteiger partial charge in [-0.25, -0.2) is 4.79 Å². The highest BCUT2D eigenvalue weighted by Crippen LogP contribution is 2.31. The number of likely N-dealkylation sites (tertiary alicyclic amines) is 1. The highest BCUT2D eigenvalue weighted by Gasteiger charge is 2.31. The van der Waals surface area contributed by atoms with E-state index in [2.05, 4.69) is 16.0 Å². The summed E-state index contributed by atoms with van der Waals surface area (Å²) < 4.78 is 2.10. The van der Waals surface area contributed by atoms with Gasteiger partial charge < -0.3 is 14.8 Å². The molecular weight excluding hydrogens is 262 g/mol. The molecule has 3 rings (SSSR count). The minimum Gasteiger partial charge on any atom is -0.353 e. The molecule has 1 atom stereocenters. The largest absolute Gasteiger partial charge is 0.353 e. The third-order valence-electron chi connectivity index (χ3n) is 4.13. The Morgan fingerprint density at radius 3 is 2.76 bits per heavy atom. The first-order chi connectivity index (χ1) is 10.3. The molecule has 0 saturated carbocycles. The Bertz CT molecular complexity index is 606. The number of nitrogens with one attached hydrogen (secondary N) is 1. The van der Waals surface area contributed by atoms with Gasteiger partial charge in [0.15, 0.2) is 0 Å². The lowest BCUT2D eigenvalue weighted by Crippen LogP contribution is -2.39. The summed E-state index contributed by atoms with van der Waals surface area (Å²) in [6.45, 7) is 1.41. The zero-order valence-electron chi connectivity index (χ0n) is 12.3. The van der Waals surface area contributed by atoms with E-state index in [9.17, 15) is 4.79 Å². The smallest absolute Gasteiger partial charge is 0.318 e. The SMILES string of the molecule is Cn1cccc1C1CCCN1C(=O)NCc1ccccc1. The molecule has 1 aliphatic heterocycles. The van der Waals surface area contributed by atoms with Crippen LogP contribution in [0.1, 0.15) is 30.1 Å². The van der Waals surface area contributed by atoms with Gasteiger partial charge in [-0.05, 0) is 30.5 Å². The minimum atomic E-state index is 0.0301. The number of nitrogens with zero attached hydrogens (tertiary/aromatic N) is 2. The van der Waals surface area contributed by atoms with E-state index < -0.39 is 0 Å². The maximum atomic E-state index is 12.4. The van der Waals surface area contributed by atoms with E-state index in [1.54, 1.807) is 0 Å². The number of aryl methyl sites for hydroxylation is 1. The van der Waals surface area contributed by atoms with E-state index >= 15 is 0 Å². The van der Waals surface area contributed by atoms with E-state index in [-0.39, 0.29) is 12.1 Å². The fraction of sp³-hybridized carbons (Fsp3) is 0.353. The van der Waals surface area contributed by atoms with Gasteiger partial charge in [0.1, 0.15) is 0 Å². The second-order valence-corrected chi connectivity index (χ2v) is 5.54. The molecule has 110 valence electrons. The van der Waals surface area contributed by atoms with Gasteiger partial charge in [0.05, 0.1) is 6.04 Å². The summed E-state index contributed by atoms with van der Waals surface area (Å²) in [4.78, 5) is 14.4. The van der Waals surface area contributed by atoms with Gasteiger partial charge >= 0.3 is 6.03 Å². The van der Waals surface area contributed by atoms with Crippen LogP contribution >= 0.6 is 0 Å². The molecule has 21 heavy (non-hydrogen) atoms. The summed E-state index contributed by atoms with van der Waals surface area (Å²) >= 11 is 0. The Balaban J connectivity index is 1.65. The number of carbonyl (C=O) groups is 1. The van der Waals surface area contributed by atoms with Gasteiger partial charge in [0, 0.05) is 32.0 Å². The summed E-state index contributed by atoms with van der Waals surface area (Å²) in [7, 11) is 2.04. The maximum Gasteiger partial charge on any atom is 0.318 e. The van der Waals surface area contributed by atoms with Crippen LogP contribution in [0.2, 0.25) is 0 Å². The van der Waals surface area contributed by atoms with Crippen LogP contribution in [-0.2, 0) is 13.6 Å². The number of aromatic nitrogens is 1. The van der Waals surface area contributed by atoms with Crippen molar-refractivity contribution in [3.05, 3.63) is 59.9 Å². The van der Waals surface area contributed by atoms with Gasteiger partial charge in [-0.1, -0.05) is 30.3 Å². The maximum absolute atomic E-state index is 12.4. The zero-order valence-corrected chi connectivity index (χ0v) is 12.3. The Kier molecular flexibility index (Phi) is 3.95. The minimum absolute atomic E-state index is 0.0301. The van der Waals surface area contributed by atoms with Crippen molar-refractivity contribution in [2.45, 2.75) is 25.4 Å². The lowest BCUT2D eigenvalue weighted by atomic mass is 10.1. The molecule has 0 spiro atoms. The third kappa shape index (κ3) is 2.94. The number of rotatable bonds is 3. The zero-order chi connectivity index (χ0) is 14.7. The standard InChI is InChI=1S/C17H21N3O/c1-19-11-5-9-15(19)16-10-6-12-20(16)17(21)18-13-14-7-3-2-4-8-14/h2-5,7-9,11,16H,6,10,12-13H2,1H3,(H,18,21). The van der Waals surface area contributed by atoms with Crippen LogP contribution in [0.4, 0.5) is 4.79 Å². The van der Waals surface area contributed by atoms with E-state index in [0.29, 0.717) is 6.54 Å². The molecule has 4 heteroatoms. The van der Waals surface area contributed by atoms with Crippen LogP contribution < -0.4 is 5.32 Å². The average Bonchev–Trinajstić information content (AvgIpc) is 3.14. The molecule has 0 radical (unpaired) electrons. The Labute approximate surface area is 125 Å². The van der Waals surface area contributed by atoms with Crippen molar-refractivity contribution in [1.29, 1.82) is 0 Å². The highest BCUT2D eigenvalue weighted by atomic mass is 16.2. The molecule has 1 aliphatic rings. The average molecular weight is 283 g/mol. The van der Waals surface area contributed by atoms with E-state index in [1.165, 1.54) is 5.69 Å². The Morgan fingerprint density at radius 1 is 1.24 bits per heavy atom. The lowest BCUT2D eigenvalue weighted by molar-refractivity contribution is 0.191. The van der Waals surface area contributed by atoms with Gasteiger partial charge in [-0.15, -0.1) is 0 Å². The molecule has 1 aromatic carbocycles. The first-order valence-corrected chi connectivity index (χ1v) is 7.45. The molecule has 4 nitrogen and oxygen atoms in total. The van der Waals surface area contributed by atoms with Crippen molar-refractivity contribution in [2.75, 3.05) is 6.54 Å². The molecule has 2 heterocycles. The van der Waals surface area contributed by atoms with Crippen molar-refractivity contribution < 1.29 is 4.79 Å². The Morgan fingerprint density at radius 2 is 2.05 bits per heavy atom. The highest BCUT2D eigenvalue weighted by molar-refractivity contribution is 5.75. The van der Waals surface area contributed by atoms with Crippen LogP contribution in [0.3, 0.4) is 0 Å². The van der Waals surface area contributed by atoms with Crippen molar-refractivity contribution in [3.8, 4) is 0 Å². The van der Waals surface area contributed by atoms with Crippen molar-refractivity contribution in [1.82, 2.24) is 14.8 Å². The summed E-state index contributed by atoms with van der Waals surface area (Å²) in [5.74, 6) is 0.